The average Bonchev–Trinajstić information content (AvgIpc) is 2.97. The number of aromatic nitrogens is 2. The fourth-order valence-electron chi connectivity index (χ4n) is 3.34. The van der Waals surface area contributed by atoms with Crippen LogP contribution in [0.3, 0.4) is 0 Å². The molecular weight excluding hydrogens is 352 g/mol. The van der Waals surface area contributed by atoms with Gasteiger partial charge in [0.25, 0.3) is 0 Å². The highest BCUT2D eigenvalue weighted by molar-refractivity contribution is 7.18. The first kappa shape index (κ1) is 16.8. The van der Waals surface area contributed by atoms with Gasteiger partial charge in [0, 0.05) is 42.6 Å². The van der Waals surface area contributed by atoms with Crippen molar-refractivity contribution in [3.63, 3.8) is 0 Å². The molecule has 0 radical (unpaired) electrons. The highest BCUT2D eigenvalue weighted by Gasteiger charge is 2.21. The van der Waals surface area contributed by atoms with E-state index < -0.39 is 0 Å². The van der Waals surface area contributed by atoms with Crippen molar-refractivity contribution in [2.75, 3.05) is 31.1 Å². The molecule has 25 heavy (non-hydrogen) atoms. The summed E-state index contributed by atoms with van der Waals surface area (Å²) in [5.74, 6) is 1.95. The number of hydrogen-bond acceptors (Lipinski definition) is 5. The van der Waals surface area contributed by atoms with Gasteiger partial charge in [-0.25, -0.2) is 9.97 Å². The predicted molar refractivity (Wildman–Crippen MR) is 106 cm³/mol. The fraction of sp³-hybridized carbons (Fsp3) is 0.368. The third-order valence-corrected chi connectivity index (χ3v) is 5.80. The zero-order valence-corrected chi connectivity index (χ0v) is 16.1. The van der Waals surface area contributed by atoms with E-state index in [2.05, 4.69) is 39.9 Å². The monoisotopic (exact) mass is 372 g/mol. The topological polar surface area (TPSA) is 32.3 Å². The van der Waals surface area contributed by atoms with Crippen molar-refractivity contribution in [2.24, 2.45) is 0 Å². The van der Waals surface area contributed by atoms with E-state index >= 15 is 0 Å². The highest BCUT2D eigenvalue weighted by Crippen LogP contribution is 2.31. The van der Waals surface area contributed by atoms with Crippen LogP contribution < -0.4 is 4.90 Å². The molecule has 0 unspecified atom stereocenters. The summed E-state index contributed by atoms with van der Waals surface area (Å²) in [5.41, 5.74) is 1.31. The Labute approximate surface area is 157 Å². The first-order valence-corrected chi connectivity index (χ1v) is 9.74. The summed E-state index contributed by atoms with van der Waals surface area (Å²) in [6, 6.07) is 10.4. The van der Waals surface area contributed by atoms with Gasteiger partial charge in [-0.05, 0) is 37.6 Å². The average molecular weight is 373 g/mol. The summed E-state index contributed by atoms with van der Waals surface area (Å²) in [4.78, 5) is 16.6. The lowest BCUT2D eigenvalue weighted by Crippen LogP contribution is -2.46. The third kappa shape index (κ3) is 3.64. The quantitative estimate of drug-likeness (QED) is 0.686. The minimum atomic E-state index is 0.794. The number of rotatable bonds is 3. The molecule has 1 aromatic carbocycles. The van der Waals surface area contributed by atoms with E-state index in [1.54, 1.807) is 11.3 Å². The Morgan fingerprint density at radius 3 is 2.48 bits per heavy atom. The number of anilines is 1. The molecule has 1 aliphatic heterocycles. The van der Waals surface area contributed by atoms with E-state index in [0.717, 1.165) is 54.2 Å². The Bertz CT molecular complexity index is 882. The van der Waals surface area contributed by atoms with Crippen LogP contribution in [0.5, 0.6) is 0 Å². The molecule has 0 spiro atoms. The zero-order valence-electron chi connectivity index (χ0n) is 14.5. The molecule has 0 aliphatic carbocycles. The van der Waals surface area contributed by atoms with Gasteiger partial charge < -0.3 is 4.90 Å². The maximum atomic E-state index is 5.97. The van der Waals surface area contributed by atoms with Gasteiger partial charge in [0.1, 0.15) is 16.5 Å². The van der Waals surface area contributed by atoms with Crippen molar-refractivity contribution in [1.82, 2.24) is 14.9 Å². The second-order valence-corrected chi connectivity index (χ2v) is 8.23. The Kier molecular flexibility index (Phi) is 4.63. The van der Waals surface area contributed by atoms with Gasteiger partial charge in [0.2, 0.25) is 0 Å². The van der Waals surface area contributed by atoms with Crippen molar-refractivity contribution in [3.8, 4) is 0 Å². The lowest BCUT2D eigenvalue weighted by atomic mass is 10.2. The Morgan fingerprint density at radius 2 is 1.76 bits per heavy atom. The minimum Gasteiger partial charge on any atom is -0.353 e. The molecule has 6 heteroatoms. The van der Waals surface area contributed by atoms with Crippen molar-refractivity contribution in [1.29, 1.82) is 0 Å². The van der Waals surface area contributed by atoms with Gasteiger partial charge in [-0.3, -0.25) is 4.90 Å². The first-order valence-electron chi connectivity index (χ1n) is 8.55. The lowest BCUT2D eigenvalue weighted by molar-refractivity contribution is 0.249. The Hall–Kier alpha value is -1.69. The number of thiophene rings is 1. The van der Waals surface area contributed by atoms with E-state index in [0.29, 0.717) is 0 Å². The number of nitrogens with zero attached hydrogens (tertiary/aromatic N) is 4. The molecule has 2 aromatic heterocycles. The van der Waals surface area contributed by atoms with Crippen LogP contribution in [0.15, 0.2) is 30.3 Å². The molecule has 1 aliphatic rings. The largest absolute Gasteiger partial charge is 0.353 e. The molecule has 0 N–H and O–H groups in total. The van der Waals surface area contributed by atoms with Crippen molar-refractivity contribution < 1.29 is 0 Å². The summed E-state index contributed by atoms with van der Waals surface area (Å²) in [7, 11) is 0. The normalized spacial score (nSPS) is 15.9. The van der Waals surface area contributed by atoms with Crippen molar-refractivity contribution in [3.05, 3.63) is 51.6 Å². The van der Waals surface area contributed by atoms with E-state index in [9.17, 15) is 0 Å². The van der Waals surface area contributed by atoms with Gasteiger partial charge in [-0.15, -0.1) is 11.3 Å². The van der Waals surface area contributed by atoms with Crippen LogP contribution >= 0.6 is 22.9 Å². The van der Waals surface area contributed by atoms with Crippen LogP contribution in [-0.4, -0.2) is 41.0 Å². The molecule has 3 aromatic rings. The second-order valence-electron chi connectivity index (χ2n) is 6.56. The summed E-state index contributed by atoms with van der Waals surface area (Å²) >= 11 is 7.72. The number of piperazine rings is 1. The number of benzene rings is 1. The van der Waals surface area contributed by atoms with Gasteiger partial charge in [0.05, 0.1) is 5.39 Å². The van der Waals surface area contributed by atoms with Gasteiger partial charge in [-0.1, -0.05) is 23.7 Å². The predicted octanol–water partition coefficient (Wildman–Crippen LogP) is 4.28. The van der Waals surface area contributed by atoms with Gasteiger partial charge >= 0.3 is 0 Å². The van der Waals surface area contributed by atoms with E-state index in [4.69, 9.17) is 16.6 Å². The molecule has 4 nitrogen and oxygen atoms in total. The lowest BCUT2D eigenvalue weighted by Gasteiger charge is -2.35. The summed E-state index contributed by atoms with van der Waals surface area (Å²) in [6.45, 7) is 9.15. The number of fused-ring (bicyclic) bond motifs is 1. The van der Waals surface area contributed by atoms with Crippen LogP contribution in [-0.2, 0) is 6.54 Å². The van der Waals surface area contributed by atoms with Crippen molar-refractivity contribution in [2.45, 2.75) is 20.4 Å². The SMILES string of the molecule is Cc1nc(N2CCN(Cc3ccc(Cl)cc3)CC2)c2cc(C)sc2n1. The molecule has 1 saturated heterocycles. The van der Waals surface area contributed by atoms with Crippen LogP contribution in [0.25, 0.3) is 10.2 Å². The standard InChI is InChI=1S/C19H21ClN4S/c1-13-11-17-18(21-14(2)22-19(17)25-13)24-9-7-23(8-10-24)12-15-3-5-16(20)6-4-15/h3-6,11H,7-10,12H2,1-2H3. The van der Waals surface area contributed by atoms with Gasteiger partial charge in [-0.2, -0.15) is 0 Å². The van der Waals surface area contributed by atoms with Crippen LogP contribution in [0, 0.1) is 13.8 Å². The van der Waals surface area contributed by atoms with Crippen LogP contribution in [0.4, 0.5) is 5.82 Å². The molecule has 130 valence electrons. The van der Waals surface area contributed by atoms with E-state index in [1.165, 1.54) is 15.8 Å². The molecule has 4 rings (SSSR count). The molecular formula is C19H21ClN4S. The van der Waals surface area contributed by atoms with Crippen molar-refractivity contribution >= 4 is 39.0 Å². The zero-order chi connectivity index (χ0) is 17.4. The molecule has 0 saturated carbocycles. The fourth-order valence-corrected chi connectivity index (χ4v) is 4.38. The van der Waals surface area contributed by atoms with Gasteiger partial charge in [0.15, 0.2) is 0 Å². The molecule has 3 heterocycles. The number of halogens is 1. The van der Waals surface area contributed by atoms with Crippen LogP contribution in [0.2, 0.25) is 5.02 Å². The maximum Gasteiger partial charge on any atom is 0.141 e. The Balaban J connectivity index is 1.47. The summed E-state index contributed by atoms with van der Waals surface area (Å²) < 4.78 is 0. The second kappa shape index (κ2) is 6.90. The maximum absolute atomic E-state index is 5.97. The summed E-state index contributed by atoms with van der Waals surface area (Å²) in [6.07, 6.45) is 0. The first-order chi connectivity index (χ1) is 12.1. The Morgan fingerprint density at radius 1 is 1.04 bits per heavy atom. The van der Waals surface area contributed by atoms with E-state index in [-0.39, 0.29) is 0 Å². The smallest absolute Gasteiger partial charge is 0.141 e. The summed E-state index contributed by atoms with van der Waals surface area (Å²) in [5, 5.41) is 1.99. The molecule has 0 atom stereocenters. The van der Waals surface area contributed by atoms with E-state index in [1.807, 2.05) is 19.1 Å². The number of aryl methyl sites for hydroxylation is 2. The third-order valence-electron chi connectivity index (χ3n) is 4.60. The molecule has 0 bridgehead atoms. The molecule has 0 amide bonds. The highest BCUT2D eigenvalue weighted by atomic mass is 35.5. The molecule has 1 fully saturated rings. The van der Waals surface area contributed by atoms with Crippen LogP contribution in [0.1, 0.15) is 16.3 Å². The minimum absolute atomic E-state index is 0.794. The number of hydrogen-bond donors (Lipinski definition) is 0.